The van der Waals surface area contributed by atoms with E-state index in [4.69, 9.17) is 9.84 Å². The first-order valence-corrected chi connectivity index (χ1v) is 5.05. The molecule has 0 aromatic heterocycles. The molecular weight excluding hydrogens is 234 g/mol. The van der Waals surface area contributed by atoms with Gasteiger partial charge in [0.25, 0.3) is 4.92 Å². The Balaban J connectivity index is 2.18. The molecule has 0 amide bonds. The van der Waals surface area contributed by atoms with Crippen molar-refractivity contribution in [2.75, 3.05) is 6.61 Å². The Bertz CT molecular complexity index is 380. The predicted molar refractivity (Wildman–Crippen MR) is 50.2 cm³/mol. The quantitative estimate of drug-likeness (QED) is 0.515. The first-order valence-electron chi connectivity index (χ1n) is 5.05. The van der Waals surface area contributed by atoms with Crippen LogP contribution >= 0.6 is 0 Å². The lowest BCUT2D eigenvalue weighted by Gasteiger charge is -2.12. The van der Waals surface area contributed by atoms with E-state index < -0.39 is 37.0 Å². The van der Waals surface area contributed by atoms with Gasteiger partial charge < -0.3 is 20.1 Å². The fourth-order valence-electron chi connectivity index (χ4n) is 1.81. The van der Waals surface area contributed by atoms with Crippen LogP contribution < -0.4 is 0 Å². The second-order valence-corrected chi connectivity index (χ2v) is 3.81. The van der Waals surface area contributed by atoms with Crippen LogP contribution in [0.3, 0.4) is 0 Å². The highest BCUT2D eigenvalue weighted by atomic mass is 16.8. The van der Waals surface area contributed by atoms with Gasteiger partial charge >= 0.3 is 11.7 Å². The van der Waals surface area contributed by atoms with Crippen LogP contribution in [0.2, 0.25) is 0 Å². The Morgan fingerprint density at radius 1 is 1.41 bits per heavy atom. The van der Waals surface area contributed by atoms with E-state index in [0.717, 1.165) is 0 Å². The minimum absolute atomic E-state index is 0.0494. The number of hydrogen-bond donors (Lipinski definition) is 3. The lowest BCUT2D eigenvalue weighted by molar-refractivity contribution is -0.748. The van der Waals surface area contributed by atoms with Gasteiger partial charge in [0.05, 0.1) is 17.9 Å². The Labute approximate surface area is 95.6 Å². The Hall–Kier alpha value is -1.35. The first-order chi connectivity index (χ1) is 8.04. The molecule has 0 spiro atoms. The highest BCUT2D eigenvalue weighted by Gasteiger charge is 2.51. The fraction of sp³-hybridized carbons (Fsp3) is 0.667. The lowest BCUT2D eigenvalue weighted by atomic mass is 10.1. The van der Waals surface area contributed by atoms with Crippen LogP contribution in [0.1, 0.15) is 6.42 Å². The molecule has 0 radical (unpaired) electrons. The molecule has 0 aromatic carbocycles. The largest absolute Gasteiger partial charge is 0.394 e. The first kappa shape index (κ1) is 12.1. The van der Waals surface area contributed by atoms with E-state index in [9.17, 15) is 19.9 Å². The van der Waals surface area contributed by atoms with Crippen LogP contribution in [0.4, 0.5) is 0 Å². The van der Waals surface area contributed by atoms with E-state index in [1.165, 1.54) is 6.08 Å². The standard InChI is InChI=1S/C9H12NO7/c11-3-5-7(13)8(14)9(16-5)4-1-2-6(12)17-10(4)15/h1,5,7-9,11,13-14H,2-3H2/q+1. The average molecular weight is 246 g/mol. The highest BCUT2D eigenvalue weighted by molar-refractivity contribution is 5.71. The van der Waals surface area contributed by atoms with Gasteiger partial charge in [-0.3, -0.25) is 0 Å². The van der Waals surface area contributed by atoms with Gasteiger partial charge in [-0.25, -0.2) is 4.79 Å². The molecular formula is C9H12NO7+. The zero-order valence-corrected chi connectivity index (χ0v) is 8.72. The van der Waals surface area contributed by atoms with E-state index >= 15 is 0 Å². The molecule has 17 heavy (non-hydrogen) atoms. The molecule has 0 aromatic rings. The lowest BCUT2D eigenvalue weighted by Crippen LogP contribution is -2.37. The number of rotatable bonds is 2. The van der Waals surface area contributed by atoms with E-state index in [-0.39, 0.29) is 17.0 Å². The summed E-state index contributed by atoms with van der Waals surface area (Å²) in [4.78, 5) is 26.4. The molecule has 94 valence electrons. The highest BCUT2D eigenvalue weighted by Crippen LogP contribution is 2.28. The summed E-state index contributed by atoms with van der Waals surface area (Å²) in [7, 11) is 0. The van der Waals surface area contributed by atoms with Crippen LogP contribution in [-0.2, 0) is 14.4 Å². The van der Waals surface area contributed by atoms with Crippen LogP contribution in [0.25, 0.3) is 0 Å². The number of nitrogens with zero attached hydrogens (tertiary/aromatic N) is 1. The third kappa shape index (κ3) is 2.07. The van der Waals surface area contributed by atoms with Crippen LogP contribution in [-0.4, -0.2) is 57.2 Å². The van der Waals surface area contributed by atoms with E-state index in [1.807, 2.05) is 0 Å². The molecule has 4 unspecified atom stereocenters. The molecule has 0 bridgehead atoms. The fourth-order valence-corrected chi connectivity index (χ4v) is 1.81. The summed E-state index contributed by atoms with van der Waals surface area (Å²) >= 11 is 0. The zero-order valence-electron chi connectivity index (χ0n) is 8.72. The van der Waals surface area contributed by atoms with Crippen LogP contribution in [0.15, 0.2) is 11.8 Å². The SMILES string of the molecule is O=C1CC=C(C2OC(CO)C(O)C2O)[N+](=O)O1. The number of aliphatic hydroxyl groups is 3. The molecule has 2 rings (SSSR count). The summed E-state index contributed by atoms with van der Waals surface area (Å²) in [6, 6.07) is 0. The van der Waals surface area contributed by atoms with Crippen LogP contribution in [0.5, 0.6) is 0 Å². The maximum Gasteiger partial charge on any atom is 0.390 e. The number of aliphatic hydroxyl groups excluding tert-OH is 3. The number of hydrogen-bond acceptors (Lipinski definition) is 7. The predicted octanol–water partition coefficient (Wildman–Crippen LogP) is -2.01. The van der Waals surface area contributed by atoms with Crippen molar-refractivity contribution in [3.63, 3.8) is 0 Å². The van der Waals surface area contributed by atoms with Gasteiger partial charge in [-0.05, 0) is 0 Å². The Morgan fingerprint density at radius 3 is 2.65 bits per heavy atom. The summed E-state index contributed by atoms with van der Waals surface area (Å²) in [5.74, 6) is -0.713. The third-order valence-corrected chi connectivity index (χ3v) is 2.71. The molecule has 2 aliphatic heterocycles. The number of ether oxygens (including phenoxy) is 1. The van der Waals surface area contributed by atoms with E-state index in [1.54, 1.807) is 0 Å². The average Bonchev–Trinajstić information content (AvgIpc) is 2.57. The van der Waals surface area contributed by atoms with Crippen molar-refractivity contribution in [1.29, 1.82) is 0 Å². The summed E-state index contributed by atoms with van der Waals surface area (Å²) < 4.78 is 5.13. The summed E-state index contributed by atoms with van der Waals surface area (Å²) in [5.41, 5.74) is -0.0906. The molecule has 3 N–H and O–H groups in total. The zero-order chi connectivity index (χ0) is 12.6. The molecule has 8 nitrogen and oxygen atoms in total. The molecule has 1 fully saturated rings. The van der Waals surface area contributed by atoms with E-state index in [0.29, 0.717) is 0 Å². The topological polar surface area (TPSA) is 116 Å². The van der Waals surface area contributed by atoms with Crippen LogP contribution in [0, 0.1) is 4.91 Å². The second kappa shape index (κ2) is 4.49. The second-order valence-electron chi connectivity index (χ2n) is 3.81. The summed E-state index contributed by atoms with van der Waals surface area (Å²) in [5, 5.41) is 28.1. The molecule has 2 aliphatic rings. The summed E-state index contributed by atoms with van der Waals surface area (Å²) in [6.07, 6.45) is -3.59. The molecule has 0 aliphatic carbocycles. The van der Waals surface area contributed by atoms with Gasteiger partial charge in [0.2, 0.25) is 0 Å². The van der Waals surface area contributed by atoms with Gasteiger partial charge in [-0.2, -0.15) is 0 Å². The van der Waals surface area contributed by atoms with Crippen molar-refractivity contribution in [1.82, 2.24) is 0 Å². The minimum atomic E-state index is -1.35. The maximum atomic E-state index is 11.3. The minimum Gasteiger partial charge on any atom is -0.394 e. The number of carbonyl (C=O) groups is 1. The molecule has 0 saturated carbocycles. The van der Waals surface area contributed by atoms with Gasteiger partial charge in [-0.15, -0.1) is 4.84 Å². The van der Waals surface area contributed by atoms with Gasteiger partial charge in [-0.1, -0.05) is 0 Å². The van der Waals surface area contributed by atoms with Gasteiger partial charge in [0.1, 0.15) is 18.3 Å². The van der Waals surface area contributed by atoms with Gasteiger partial charge in [0, 0.05) is 6.08 Å². The molecule has 1 saturated heterocycles. The van der Waals surface area contributed by atoms with Crippen molar-refractivity contribution >= 4 is 5.97 Å². The Morgan fingerprint density at radius 2 is 2.12 bits per heavy atom. The molecule has 4 atom stereocenters. The monoisotopic (exact) mass is 246 g/mol. The molecule has 8 heteroatoms. The summed E-state index contributed by atoms with van der Waals surface area (Å²) in [6.45, 7) is -0.485. The van der Waals surface area contributed by atoms with Gasteiger partial charge in [0.15, 0.2) is 6.10 Å². The third-order valence-electron chi connectivity index (χ3n) is 2.71. The van der Waals surface area contributed by atoms with Crippen molar-refractivity contribution < 1.29 is 34.6 Å². The number of carbonyl (C=O) groups excluding carboxylic acids is 1. The Kier molecular flexibility index (Phi) is 3.20. The van der Waals surface area contributed by atoms with E-state index in [2.05, 4.69) is 4.84 Å². The van der Waals surface area contributed by atoms with Crippen molar-refractivity contribution in [3.05, 3.63) is 16.7 Å². The van der Waals surface area contributed by atoms with Crippen molar-refractivity contribution in [2.24, 2.45) is 0 Å². The van der Waals surface area contributed by atoms with Crippen molar-refractivity contribution in [2.45, 2.75) is 30.8 Å². The smallest absolute Gasteiger partial charge is 0.390 e. The maximum absolute atomic E-state index is 11.3. The van der Waals surface area contributed by atoms with Crippen molar-refractivity contribution in [3.8, 4) is 0 Å². The molecule has 2 heterocycles. The normalized spacial score (nSPS) is 37.9.